The van der Waals surface area contributed by atoms with E-state index in [1.165, 1.54) is 51.4 Å². The minimum absolute atomic E-state index is 0.0503. The minimum atomic E-state index is -0.221. The minimum Gasteiger partial charge on any atom is -0.497 e. The van der Waals surface area contributed by atoms with Gasteiger partial charge in [-0.3, -0.25) is 0 Å². The van der Waals surface area contributed by atoms with E-state index in [0.29, 0.717) is 17.1 Å². The largest absolute Gasteiger partial charge is 0.497 e. The molecule has 4 aliphatic carbocycles. The number of fused-ring (bicyclic) bond motifs is 4. The molecule has 5 fully saturated rings. The highest BCUT2D eigenvalue weighted by Gasteiger charge is 2.76. The van der Waals surface area contributed by atoms with Gasteiger partial charge in [-0.2, -0.15) is 0 Å². The lowest BCUT2D eigenvalue weighted by Gasteiger charge is -2.59. The molecule has 1 saturated heterocycles. The smallest absolute Gasteiger partial charge is 0.338 e. The van der Waals surface area contributed by atoms with Crippen molar-refractivity contribution in [2.24, 2.45) is 46.3 Å². The quantitative estimate of drug-likeness (QED) is 0.247. The molecular weight excluding hydrogens is 484 g/mol. The summed E-state index contributed by atoms with van der Waals surface area (Å²) in [6.07, 6.45) is 14.3. The summed E-state index contributed by atoms with van der Waals surface area (Å²) in [4.78, 5) is 12.9. The van der Waals surface area contributed by atoms with Gasteiger partial charge in [-0.25, -0.2) is 4.79 Å². The summed E-state index contributed by atoms with van der Waals surface area (Å²) < 4.78 is 18.1. The highest BCUT2D eigenvalue weighted by atomic mass is 16.6. The number of esters is 1. The molecule has 1 aromatic rings. The van der Waals surface area contributed by atoms with Crippen molar-refractivity contribution in [2.45, 2.75) is 123 Å². The van der Waals surface area contributed by atoms with Crippen LogP contribution in [0.2, 0.25) is 0 Å². The average Bonchev–Trinajstić information content (AvgIpc) is 3.49. The predicted octanol–water partition coefficient (Wildman–Crippen LogP) is 8.47. The van der Waals surface area contributed by atoms with Gasteiger partial charge in [0.05, 0.1) is 18.8 Å². The molecule has 6 rings (SSSR count). The molecule has 0 aromatic heterocycles. The zero-order chi connectivity index (χ0) is 27.6. The molecule has 10 atom stereocenters. The summed E-state index contributed by atoms with van der Waals surface area (Å²) in [5, 5.41) is 0. The van der Waals surface area contributed by atoms with Gasteiger partial charge in [0.1, 0.15) is 17.5 Å². The van der Waals surface area contributed by atoms with Crippen LogP contribution in [-0.2, 0) is 9.47 Å². The molecule has 39 heavy (non-hydrogen) atoms. The Kier molecular flexibility index (Phi) is 7.13. The predicted molar refractivity (Wildman–Crippen MR) is 155 cm³/mol. The molecule has 1 aliphatic heterocycles. The fraction of sp³-hybridized carbons (Fsp3) is 0.800. The first kappa shape index (κ1) is 27.6. The van der Waals surface area contributed by atoms with Crippen molar-refractivity contribution in [1.82, 2.24) is 0 Å². The third-order valence-corrected chi connectivity index (χ3v) is 12.8. The number of hydrogen-bond acceptors (Lipinski definition) is 4. The van der Waals surface area contributed by atoms with Gasteiger partial charge in [-0.05, 0) is 110 Å². The Morgan fingerprint density at radius 2 is 1.77 bits per heavy atom. The molecule has 5 aliphatic rings. The number of rotatable bonds is 8. The molecule has 1 heterocycles. The Morgan fingerprint density at radius 3 is 2.49 bits per heavy atom. The van der Waals surface area contributed by atoms with Crippen LogP contribution in [0.4, 0.5) is 0 Å². The molecule has 0 N–H and O–H groups in total. The lowest BCUT2D eigenvalue weighted by atomic mass is 9.44. The Balaban J connectivity index is 1.12. The second kappa shape index (κ2) is 10.1. The molecule has 4 nitrogen and oxygen atoms in total. The van der Waals surface area contributed by atoms with Gasteiger partial charge in [0.15, 0.2) is 0 Å². The van der Waals surface area contributed by atoms with Crippen molar-refractivity contribution < 1.29 is 19.0 Å². The summed E-state index contributed by atoms with van der Waals surface area (Å²) in [6, 6.07) is 7.25. The van der Waals surface area contributed by atoms with Crippen molar-refractivity contribution in [3.8, 4) is 5.75 Å². The number of hydrogen-bond donors (Lipinski definition) is 0. The van der Waals surface area contributed by atoms with Crippen molar-refractivity contribution in [2.75, 3.05) is 7.11 Å². The van der Waals surface area contributed by atoms with Crippen LogP contribution in [0.5, 0.6) is 5.75 Å². The summed E-state index contributed by atoms with van der Waals surface area (Å²) in [6.45, 7) is 12.5. The van der Waals surface area contributed by atoms with E-state index in [9.17, 15) is 4.79 Å². The highest BCUT2D eigenvalue weighted by Crippen LogP contribution is 2.74. The molecule has 4 saturated carbocycles. The van der Waals surface area contributed by atoms with Crippen molar-refractivity contribution in [1.29, 1.82) is 0 Å². The maximum Gasteiger partial charge on any atom is 0.338 e. The molecule has 216 valence electrons. The first-order valence-corrected chi connectivity index (χ1v) is 16.1. The van der Waals surface area contributed by atoms with Gasteiger partial charge in [0, 0.05) is 11.8 Å². The normalized spacial score (nSPS) is 43.1. The van der Waals surface area contributed by atoms with Gasteiger partial charge < -0.3 is 14.2 Å². The standard InChI is InChI=1S/C35H52O4/c1-22(2)8-7-9-23(3)28-14-15-29-27-20-31-35(39-31)21-26(38-32(36)24-10-12-25(37-6)13-11-24)16-19-34(35,5)30(27)17-18-33(28,29)4/h10-13,22-23,26-31H,7-9,14-21H2,1-6H3/t23?,26?,27?,28?,29?,30?,31-,33?,34?,35-/m0/s1. The van der Waals surface area contributed by atoms with E-state index >= 15 is 0 Å². The van der Waals surface area contributed by atoms with Crippen LogP contribution < -0.4 is 4.74 Å². The molecule has 1 spiro atoms. The Hall–Kier alpha value is -1.55. The third-order valence-electron chi connectivity index (χ3n) is 12.8. The Bertz CT molecular complexity index is 1050. The second-order valence-corrected chi connectivity index (χ2v) is 15.1. The summed E-state index contributed by atoms with van der Waals surface area (Å²) >= 11 is 0. The molecule has 4 heteroatoms. The van der Waals surface area contributed by atoms with E-state index in [2.05, 4.69) is 34.6 Å². The maximum atomic E-state index is 12.9. The first-order chi connectivity index (χ1) is 18.6. The van der Waals surface area contributed by atoms with Crippen LogP contribution in [0.25, 0.3) is 0 Å². The molecule has 0 bridgehead atoms. The summed E-state index contributed by atoms with van der Waals surface area (Å²) in [5.74, 6) is 5.51. The van der Waals surface area contributed by atoms with Crippen LogP contribution in [0, 0.1) is 46.3 Å². The Labute approximate surface area is 236 Å². The van der Waals surface area contributed by atoms with E-state index in [1.54, 1.807) is 19.2 Å². The molecule has 0 amide bonds. The zero-order valence-electron chi connectivity index (χ0n) is 25.3. The van der Waals surface area contributed by atoms with E-state index in [1.807, 2.05) is 12.1 Å². The summed E-state index contributed by atoms with van der Waals surface area (Å²) in [5.41, 5.74) is 1.24. The van der Waals surface area contributed by atoms with E-state index < -0.39 is 0 Å². The van der Waals surface area contributed by atoms with Crippen LogP contribution >= 0.6 is 0 Å². The number of benzene rings is 1. The van der Waals surface area contributed by atoms with E-state index in [-0.39, 0.29) is 23.1 Å². The molecule has 0 radical (unpaired) electrons. The fourth-order valence-electron chi connectivity index (χ4n) is 10.7. The van der Waals surface area contributed by atoms with Gasteiger partial charge in [0.2, 0.25) is 0 Å². The second-order valence-electron chi connectivity index (χ2n) is 15.1. The maximum absolute atomic E-state index is 12.9. The average molecular weight is 537 g/mol. The number of epoxide rings is 1. The fourth-order valence-corrected chi connectivity index (χ4v) is 10.7. The van der Waals surface area contributed by atoms with E-state index in [0.717, 1.165) is 60.5 Å². The van der Waals surface area contributed by atoms with Crippen molar-refractivity contribution >= 4 is 5.97 Å². The summed E-state index contributed by atoms with van der Waals surface area (Å²) in [7, 11) is 1.64. The lowest BCUT2D eigenvalue weighted by Crippen LogP contribution is -2.59. The van der Waals surface area contributed by atoms with Gasteiger partial charge in [-0.1, -0.05) is 53.9 Å². The van der Waals surface area contributed by atoms with Crippen LogP contribution in [0.15, 0.2) is 24.3 Å². The SMILES string of the molecule is COc1ccc(C(=O)OC2CCC3(C)C4CCC5(C)C(C(C)CCCC(C)C)CCC5C4C[C@@H]4O[C@@]43C2)cc1. The molecular formula is C35H52O4. The molecule has 8 unspecified atom stereocenters. The Morgan fingerprint density at radius 1 is 1.00 bits per heavy atom. The van der Waals surface area contributed by atoms with Crippen LogP contribution in [0.1, 0.15) is 116 Å². The van der Waals surface area contributed by atoms with Crippen molar-refractivity contribution in [3.05, 3.63) is 29.8 Å². The van der Waals surface area contributed by atoms with Gasteiger partial charge in [-0.15, -0.1) is 0 Å². The van der Waals surface area contributed by atoms with Crippen LogP contribution in [-0.4, -0.2) is 30.9 Å². The first-order valence-electron chi connectivity index (χ1n) is 16.1. The van der Waals surface area contributed by atoms with Gasteiger partial charge in [0.25, 0.3) is 0 Å². The number of carbonyl (C=O) groups is 1. The highest BCUT2D eigenvalue weighted by molar-refractivity contribution is 5.89. The zero-order valence-corrected chi connectivity index (χ0v) is 25.3. The number of ether oxygens (including phenoxy) is 3. The van der Waals surface area contributed by atoms with Crippen LogP contribution in [0.3, 0.4) is 0 Å². The topological polar surface area (TPSA) is 48.1 Å². The molecule has 1 aromatic carbocycles. The third kappa shape index (κ3) is 4.46. The lowest BCUT2D eigenvalue weighted by molar-refractivity contribution is -0.118. The van der Waals surface area contributed by atoms with Crippen molar-refractivity contribution in [3.63, 3.8) is 0 Å². The van der Waals surface area contributed by atoms with Gasteiger partial charge >= 0.3 is 5.97 Å². The number of methoxy groups -OCH3 is 1. The number of carbonyl (C=O) groups excluding carboxylic acids is 1. The van der Waals surface area contributed by atoms with E-state index in [4.69, 9.17) is 14.2 Å². The monoisotopic (exact) mass is 536 g/mol.